The van der Waals surface area contributed by atoms with Gasteiger partial charge in [0.25, 0.3) is 0 Å². The first-order valence-electron chi connectivity index (χ1n) is 5.73. The number of aromatic nitrogens is 2. The van der Waals surface area contributed by atoms with Crippen LogP contribution in [0.2, 0.25) is 0 Å². The summed E-state index contributed by atoms with van der Waals surface area (Å²) in [7, 11) is 1.97. The third kappa shape index (κ3) is 1.21. The van der Waals surface area contributed by atoms with Crippen LogP contribution >= 0.6 is 0 Å². The first-order chi connectivity index (χ1) is 7.68. The Labute approximate surface area is 94.2 Å². The van der Waals surface area contributed by atoms with Crippen LogP contribution < -0.4 is 5.73 Å². The Bertz CT molecular complexity index is 439. The average Bonchev–Trinajstić information content (AvgIpc) is 2.66. The lowest BCUT2D eigenvalue weighted by atomic mass is 9.89. The molecular weight excluding hydrogens is 204 g/mol. The summed E-state index contributed by atoms with van der Waals surface area (Å²) in [6.07, 6.45) is 4.04. The number of imidazole rings is 1. The number of hydrogen-bond donors (Lipinski definition) is 1. The molecule has 5 nitrogen and oxygen atoms in total. The molecular formula is C11H16N4O. The molecule has 1 aromatic heterocycles. The lowest BCUT2D eigenvalue weighted by molar-refractivity contribution is -0.138. The zero-order valence-corrected chi connectivity index (χ0v) is 9.39. The Morgan fingerprint density at radius 2 is 2.31 bits per heavy atom. The van der Waals surface area contributed by atoms with E-state index in [4.69, 9.17) is 5.73 Å². The van der Waals surface area contributed by atoms with Crippen LogP contribution in [0.1, 0.15) is 30.3 Å². The fourth-order valence-corrected chi connectivity index (χ4v) is 2.88. The second-order valence-electron chi connectivity index (χ2n) is 4.67. The van der Waals surface area contributed by atoms with Crippen molar-refractivity contribution in [2.45, 2.75) is 31.3 Å². The van der Waals surface area contributed by atoms with Gasteiger partial charge >= 0.3 is 0 Å². The summed E-state index contributed by atoms with van der Waals surface area (Å²) in [4.78, 5) is 18.2. The monoisotopic (exact) mass is 220 g/mol. The third-order valence-electron chi connectivity index (χ3n) is 3.69. The highest BCUT2D eigenvalue weighted by Crippen LogP contribution is 2.35. The highest BCUT2D eigenvalue weighted by molar-refractivity contribution is 5.78. The molecule has 5 heteroatoms. The van der Waals surface area contributed by atoms with Gasteiger partial charge in [0.05, 0.1) is 23.8 Å². The number of nitrogens with two attached hydrogens (primary N) is 1. The minimum Gasteiger partial charge on any atom is -0.336 e. The molecule has 1 saturated heterocycles. The predicted octanol–water partition coefficient (Wildman–Crippen LogP) is -0.0330. The van der Waals surface area contributed by atoms with Crippen LogP contribution in [0, 0.1) is 0 Å². The van der Waals surface area contributed by atoms with Crippen molar-refractivity contribution in [1.82, 2.24) is 14.5 Å². The summed E-state index contributed by atoms with van der Waals surface area (Å²) < 4.78 is 2.00. The van der Waals surface area contributed by atoms with Gasteiger partial charge in [-0.3, -0.25) is 4.79 Å². The van der Waals surface area contributed by atoms with E-state index in [0.29, 0.717) is 6.42 Å². The number of nitrogens with zero attached hydrogens (tertiary/aromatic N) is 3. The zero-order chi connectivity index (χ0) is 11.3. The normalized spacial score (nSPS) is 28.9. The Hall–Kier alpha value is -1.36. The first kappa shape index (κ1) is 9.84. The predicted molar refractivity (Wildman–Crippen MR) is 58.6 cm³/mol. The number of amides is 1. The molecule has 1 fully saturated rings. The van der Waals surface area contributed by atoms with E-state index in [-0.39, 0.29) is 18.0 Å². The van der Waals surface area contributed by atoms with Crippen LogP contribution in [-0.2, 0) is 18.3 Å². The van der Waals surface area contributed by atoms with Crippen molar-refractivity contribution in [3.8, 4) is 0 Å². The smallest absolute Gasteiger partial charge is 0.223 e. The third-order valence-corrected chi connectivity index (χ3v) is 3.69. The number of carbonyl (C=O) groups is 1. The van der Waals surface area contributed by atoms with Crippen LogP contribution in [0.25, 0.3) is 0 Å². The summed E-state index contributed by atoms with van der Waals surface area (Å²) >= 11 is 0. The molecule has 2 atom stereocenters. The van der Waals surface area contributed by atoms with E-state index in [2.05, 4.69) is 4.98 Å². The maximum absolute atomic E-state index is 11.9. The Kier molecular flexibility index (Phi) is 2.04. The lowest BCUT2D eigenvalue weighted by Crippen LogP contribution is -2.52. The van der Waals surface area contributed by atoms with E-state index in [1.165, 1.54) is 0 Å². The molecule has 16 heavy (non-hydrogen) atoms. The number of rotatable bonds is 0. The van der Waals surface area contributed by atoms with E-state index in [1.807, 2.05) is 22.8 Å². The van der Waals surface area contributed by atoms with Gasteiger partial charge in [0, 0.05) is 32.5 Å². The summed E-state index contributed by atoms with van der Waals surface area (Å²) in [5.41, 5.74) is 8.40. The van der Waals surface area contributed by atoms with Crippen molar-refractivity contribution in [3.05, 3.63) is 17.7 Å². The van der Waals surface area contributed by atoms with Gasteiger partial charge < -0.3 is 15.2 Å². The van der Waals surface area contributed by atoms with Gasteiger partial charge in [0.15, 0.2) is 0 Å². The molecule has 3 rings (SSSR count). The summed E-state index contributed by atoms with van der Waals surface area (Å²) in [6, 6.07) is 0.0876. The largest absolute Gasteiger partial charge is 0.336 e. The maximum Gasteiger partial charge on any atom is 0.223 e. The zero-order valence-electron chi connectivity index (χ0n) is 9.39. The second-order valence-corrected chi connectivity index (χ2v) is 4.67. The van der Waals surface area contributed by atoms with Gasteiger partial charge in [-0.2, -0.15) is 0 Å². The van der Waals surface area contributed by atoms with Crippen molar-refractivity contribution in [2.24, 2.45) is 12.8 Å². The van der Waals surface area contributed by atoms with Gasteiger partial charge in [0.1, 0.15) is 0 Å². The standard InChI is InChI=1S/C11H16N4O/c1-14-6-13-8-4-5-15-9(16)3-2-7(12)10(15)11(8)14/h6-7,10H,2-5,12H2,1H3. The number of piperidine rings is 1. The van der Waals surface area contributed by atoms with Crippen LogP contribution in [0.3, 0.4) is 0 Å². The highest BCUT2D eigenvalue weighted by Gasteiger charge is 2.40. The molecule has 0 spiro atoms. The van der Waals surface area contributed by atoms with Gasteiger partial charge in [-0.1, -0.05) is 0 Å². The fourth-order valence-electron chi connectivity index (χ4n) is 2.88. The minimum absolute atomic E-state index is 0.0394. The fraction of sp³-hybridized carbons (Fsp3) is 0.636. The van der Waals surface area contributed by atoms with Crippen molar-refractivity contribution in [1.29, 1.82) is 0 Å². The van der Waals surface area contributed by atoms with Gasteiger partial charge in [0.2, 0.25) is 5.91 Å². The van der Waals surface area contributed by atoms with Crippen LogP contribution in [0.4, 0.5) is 0 Å². The summed E-state index contributed by atoms with van der Waals surface area (Å²) in [5, 5.41) is 0. The molecule has 0 saturated carbocycles. The first-order valence-corrected chi connectivity index (χ1v) is 5.73. The molecule has 2 aliphatic rings. The van der Waals surface area contributed by atoms with Crippen LogP contribution in [-0.4, -0.2) is 32.9 Å². The topological polar surface area (TPSA) is 64.2 Å². The SMILES string of the molecule is Cn1cnc2c1C1C(N)CCC(=O)N1CC2. The quantitative estimate of drug-likeness (QED) is 0.667. The number of fused-ring (bicyclic) bond motifs is 3. The molecule has 1 aromatic rings. The van der Waals surface area contributed by atoms with Crippen LogP contribution in [0.15, 0.2) is 6.33 Å². The number of carbonyl (C=O) groups excluding carboxylic acids is 1. The molecule has 2 unspecified atom stereocenters. The van der Waals surface area contributed by atoms with E-state index in [1.54, 1.807) is 0 Å². The van der Waals surface area contributed by atoms with E-state index in [0.717, 1.165) is 30.8 Å². The Morgan fingerprint density at radius 3 is 3.12 bits per heavy atom. The van der Waals surface area contributed by atoms with Crippen molar-refractivity contribution < 1.29 is 4.79 Å². The number of hydrogen-bond acceptors (Lipinski definition) is 3. The molecule has 2 N–H and O–H groups in total. The Balaban J connectivity index is 2.08. The molecule has 0 bridgehead atoms. The maximum atomic E-state index is 11.9. The van der Waals surface area contributed by atoms with Gasteiger partial charge in [-0.05, 0) is 6.42 Å². The number of aryl methyl sites for hydroxylation is 1. The summed E-state index contributed by atoms with van der Waals surface area (Å²) in [6.45, 7) is 0.765. The average molecular weight is 220 g/mol. The molecule has 0 radical (unpaired) electrons. The Morgan fingerprint density at radius 1 is 1.50 bits per heavy atom. The van der Waals surface area contributed by atoms with Crippen molar-refractivity contribution in [2.75, 3.05) is 6.54 Å². The minimum atomic E-state index is 0.0394. The molecule has 0 aromatic carbocycles. The van der Waals surface area contributed by atoms with E-state index in [9.17, 15) is 4.79 Å². The van der Waals surface area contributed by atoms with Gasteiger partial charge in [-0.25, -0.2) is 4.98 Å². The molecule has 86 valence electrons. The molecule has 3 heterocycles. The van der Waals surface area contributed by atoms with Gasteiger partial charge in [-0.15, -0.1) is 0 Å². The highest BCUT2D eigenvalue weighted by atomic mass is 16.2. The molecule has 1 amide bonds. The van der Waals surface area contributed by atoms with Crippen molar-refractivity contribution >= 4 is 5.91 Å². The molecule has 2 aliphatic heterocycles. The second kappa shape index (κ2) is 3.31. The van der Waals surface area contributed by atoms with E-state index < -0.39 is 0 Å². The van der Waals surface area contributed by atoms with Crippen LogP contribution in [0.5, 0.6) is 0 Å². The van der Waals surface area contributed by atoms with E-state index >= 15 is 0 Å². The lowest BCUT2D eigenvalue weighted by Gasteiger charge is -2.42. The molecule has 0 aliphatic carbocycles. The van der Waals surface area contributed by atoms with Crippen molar-refractivity contribution in [3.63, 3.8) is 0 Å². The summed E-state index contributed by atoms with van der Waals surface area (Å²) in [5.74, 6) is 0.235.